The average molecular weight is 476 g/mol. The number of carbonyl (C=O) groups is 1. The van der Waals surface area contributed by atoms with Crippen LogP contribution in [0.2, 0.25) is 0 Å². The Balaban J connectivity index is 1.55. The largest absolute Gasteiger partial charge is 0.352 e. The van der Waals surface area contributed by atoms with Gasteiger partial charge in [0.05, 0.1) is 32.2 Å². The second kappa shape index (κ2) is 8.92. The third-order valence-corrected chi connectivity index (χ3v) is 7.52. The van der Waals surface area contributed by atoms with Crippen LogP contribution in [0.5, 0.6) is 0 Å². The Labute approximate surface area is 179 Å². The molecule has 0 aliphatic carbocycles. The SMILES string of the molecule is Cc1nn(-c2ccc(C(=O)NCCCS(=O)(=O)c3ccccc3)cc2)c(C)c1Br. The molecule has 152 valence electrons. The Morgan fingerprint density at radius 2 is 1.72 bits per heavy atom. The number of benzene rings is 2. The van der Waals surface area contributed by atoms with Crippen LogP contribution in [-0.2, 0) is 9.84 Å². The van der Waals surface area contributed by atoms with Gasteiger partial charge in [0, 0.05) is 12.1 Å². The minimum Gasteiger partial charge on any atom is -0.352 e. The van der Waals surface area contributed by atoms with Gasteiger partial charge in [0.25, 0.3) is 5.91 Å². The minimum absolute atomic E-state index is 0.0109. The fourth-order valence-electron chi connectivity index (χ4n) is 2.94. The van der Waals surface area contributed by atoms with Crippen LogP contribution in [-0.4, -0.2) is 36.4 Å². The van der Waals surface area contributed by atoms with E-state index in [4.69, 9.17) is 0 Å². The first-order chi connectivity index (χ1) is 13.8. The number of rotatable bonds is 7. The van der Waals surface area contributed by atoms with E-state index < -0.39 is 9.84 Å². The van der Waals surface area contributed by atoms with Crippen molar-refractivity contribution in [2.24, 2.45) is 0 Å². The number of aromatic nitrogens is 2. The molecule has 3 aromatic rings. The third kappa shape index (κ3) is 4.94. The smallest absolute Gasteiger partial charge is 0.251 e. The van der Waals surface area contributed by atoms with E-state index >= 15 is 0 Å². The normalized spacial score (nSPS) is 11.4. The number of aryl methyl sites for hydroxylation is 1. The molecule has 0 aliphatic rings. The Morgan fingerprint density at radius 1 is 1.07 bits per heavy atom. The molecule has 0 fully saturated rings. The highest BCUT2D eigenvalue weighted by atomic mass is 79.9. The number of sulfone groups is 1. The number of hydrogen-bond donors (Lipinski definition) is 1. The molecule has 1 N–H and O–H groups in total. The maximum Gasteiger partial charge on any atom is 0.251 e. The molecular weight excluding hydrogens is 454 g/mol. The highest BCUT2D eigenvalue weighted by Crippen LogP contribution is 2.23. The van der Waals surface area contributed by atoms with Crippen LogP contribution >= 0.6 is 15.9 Å². The number of hydrogen-bond acceptors (Lipinski definition) is 4. The molecule has 0 aliphatic heterocycles. The Kier molecular flexibility index (Phi) is 6.54. The summed E-state index contributed by atoms with van der Waals surface area (Å²) >= 11 is 3.51. The molecule has 1 heterocycles. The highest BCUT2D eigenvalue weighted by Gasteiger charge is 2.14. The maximum atomic E-state index is 12.3. The van der Waals surface area contributed by atoms with Gasteiger partial charge in [0.2, 0.25) is 0 Å². The van der Waals surface area contributed by atoms with Crippen LogP contribution in [0.3, 0.4) is 0 Å². The van der Waals surface area contributed by atoms with Crippen LogP contribution in [0.1, 0.15) is 28.2 Å². The van der Waals surface area contributed by atoms with Crippen LogP contribution in [0, 0.1) is 13.8 Å². The number of nitrogens with zero attached hydrogens (tertiary/aromatic N) is 2. The Morgan fingerprint density at radius 3 is 2.31 bits per heavy atom. The summed E-state index contributed by atoms with van der Waals surface area (Å²) in [6.07, 6.45) is 0.348. The number of carbonyl (C=O) groups excluding carboxylic acids is 1. The number of amides is 1. The van der Waals surface area contributed by atoms with E-state index in [1.54, 1.807) is 42.5 Å². The van der Waals surface area contributed by atoms with Crippen molar-refractivity contribution in [2.45, 2.75) is 25.2 Å². The van der Waals surface area contributed by atoms with E-state index in [-0.39, 0.29) is 18.2 Å². The van der Waals surface area contributed by atoms with Crippen LogP contribution in [0.25, 0.3) is 5.69 Å². The second-order valence-electron chi connectivity index (χ2n) is 6.68. The predicted octanol–water partition coefficient (Wildman–Crippen LogP) is 3.85. The molecule has 6 nitrogen and oxygen atoms in total. The molecular formula is C21H22BrN3O3S. The van der Waals surface area contributed by atoms with Crippen molar-refractivity contribution in [1.82, 2.24) is 15.1 Å². The fraction of sp³-hybridized carbons (Fsp3) is 0.238. The molecule has 29 heavy (non-hydrogen) atoms. The van der Waals surface area contributed by atoms with Crippen molar-refractivity contribution in [1.29, 1.82) is 0 Å². The first-order valence-corrected chi connectivity index (χ1v) is 11.6. The van der Waals surface area contributed by atoms with E-state index in [9.17, 15) is 13.2 Å². The standard InChI is InChI=1S/C21H22BrN3O3S/c1-15-20(22)16(2)25(24-15)18-11-9-17(10-12-18)21(26)23-13-6-14-29(27,28)19-7-4-3-5-8-19/h3-5,7-12H,6,13-14H2,1-2H3,(H,23,26). The van der Waals surface area contributed by atoms with Gasteiger partial charge in [-0.2, -0.15) is 5.10 Å². The maximum absolute atomic E-state index is 12.3. The molecule has 0 unspecified atom stereocenters. The monoisotopic (exact) mass is 475 g/mol. The summed E-state index contributed by atoms with van der Waals surface area (Å²) in [6, 6.07) is 15.5. The van der Waals surface area contributed by atoms with E-state index in [1.807, 2.05) is 30.7 Å². The molecule has 2 aromatic carbocycles. The lowest BCUT2D eigenvalue weighted by Crippen LogP contribution is -2.26. The van der Waals surface area contributed by atoms with Crippen LogP contribution in [0.4, 0.5) is 0 Å². The van der Waals surface area contributed by atoms with Crippen molar-refractivity contribution >= 4 is 31.7 Å². The van der Waals surface area contributed by atoms with E-state index in [0.29, 0.717) is 16.9 Å². The second-order valence-corrected chi connectivity index (χ2v) is 9.59. The number of halogens is 1. The van der Waals surface area contributed by atoms with Gasteiger partial charge in [0.15, 0.2) is 9.84 Å². The Hall–Kier alpha value is -2.45. The summed E-state index contributed by atoms with van der Waals surface area (Å²) in [5, 5.41) is 7.25. The highest BCUT2D eigenvalue weighted by molar-refractivity contribution is 9.10. The van der Waals surface area contributed by atoms with Crippen LogP contribution in [0.15, 0.2) is 64.0 Å². The molecule has 0 spiro atoms. The minimum atomic E-state index is -3.33. The third-order valence-electron chi connectivity index (χ3n) is 4.55. The summed E-state index contributed by atoms with van der Waals surface area (Å²) in [7, 11) is -3.33. The quantitative estimate of drug-likeness (QED) is 0.526. The predicted molar refractivity (Wildman–Crippen MR) is 116 cm³/mol. The first kappa shape index (κ1) is 21.3. The molecule has 1 amide bonds. The van der Waals surface area contributed by atoms with Crippen molar-refractivity contribution < 1.29 is 13.2 Å². The van der Waals surface area contributed by atoms with E-state index in [2.05, 4.69) is 26.3 Å². The zero-order valence-electron chi connectivity index (χ0n) is 16.2. The van der Waals surface area contributed by atoms with Gasteiger partial charge in [-0.25, -0.2) is 13.1 Å². The van der Waals surface area contributed by atoms with Gasteiger partial charge >= 0.3 is 0 Å². The van der Waals surface area contributed by atoms with Gasteiger partial charge in [-0.1, -0.05) is 18.2 Å². The first-order valence-electron chi connectivity index (χ1n) is 9.18. The van der Waals surface area contributed by atoms with Crippen molar-refractivity contribution in [2.75, 3.05) is 12.3 Å². The van der Waals surface area contributed by atoms with Crippen LogP contribution < -0.4 is 5.32 Å². The van der Waals surface area contributed by atoms with Crippen molar-refractivity contribution in [3.05, 3.63) is 76.0 Å². The van der Waals surface area contributed by atoms with Gasteiger partial charge in [-0.15, -0.1) is 0 Å². The lowest BCUT2D eigenvalue weighted by molar-refractivity contribution is 0.0953. The van der Waals surface area contributed by atoms with Crippen molar-refractivity contribution in [3.8, 4) is 5.69 Å². The topological polar surface area (TPSA) is 81.1 Å². The molecule has 0 saturated carbocycles. The van der Waals surface area contributed by atoms with E-state index in [1.165, 1.54) is 0 Å². The van der Waals surface area contributed by atoms with Gasteiger partial charge in [0.1, 0.15) is 0 Å². The molecule has 8 heteroatoms. The lowest BCUT2D eigenvalue weighted by atomic mass is 10.2. The van der Waals surface area contributed by atoms with Gasteiger partial charge in [-0.3, -0.25) is 4.79 Å². The lowest BCUT2D eigenvalue weighted by Gasteiger charge is -2.08. The molecule has 0 saturated heterocycles. The fourth-order valence-corrected chi connectivity index (χ4v) is 4.52. The van der Waals surface area contributed by atoms with Gasteiger partial charge < -0.3 is 5.32 Å². The molecule has 0 bridgehead atoms. The van der Waals surface area contributed by atoms with Crippen molar-refractivity contribution in [3.63, 3.8) is 0 Å². The average Bonchev–Trinajstić information content (AvgIpc) is 2.99. The zero-order valence-corrected chi connectivity index (χ0v) is 18.6. The van der Waals surface area contributed by atoms with E-state index in [0.717, 1.165) is 21.5 Å². The zero-order chi connectivity index (χ0) is 21.0. The summed E-state index contributed by atoms with van der Waals surface area (Å²) in [6.45, 7) is 4.18. The summed E-state index contributed by atoms with van der Waals surface area (Å²) in [5.41, 5.74) is 3.26. The molecule has 0 radical (unpaired) electrons. The molecule has 3 rings (SSSR count). The number of nitrogens with one attached hydrogen (secondary N) is 1. The summed E-state index contributed by atoms with van der Waals surface area (Å²) in [4.78, 5) is 12.6. The summed E-state index contributed by atoms with van der Waals surface area (Å²) < 4.78 is 27.3. The van der Waals surface area contributed by atoms with Gasteiger partial charge in [-0.05, 0) is 72.6 Å². The molecule has 1 aromatic heterocycles. The summed E-state index contributed by atoms with van der Waals surface area (Å²) in [5.74, 6) is -0.244. The molecule has 0 atom stereocenters. The Bertz CT molecular complexity index is 1110.